The topological polar surface area (TPSA) is 26.3 Å². The molecule has 2 nitrogen and oxygen atoms in total. The van der Waals surface area contributed by atoms with Crippen molar-refractivity contribution in [2.75, 3.05) is 0 Å². The smallest absolute Gasteiger partial charge is 0.309 e. The number of carbonyl (C=O) groups is 1. The maximum atomic E-state index is 12.0. The zero-order valence-electron chi connectivity index (χ0n) is 11.5. The van der Waals surface area contributed by atoms with Crippen LogP contribution < -0.4 is 0 Å². The van der Waals surface area contributed by atoms with E-state index in [4.69, 9.17) is 4.74 Å². The van der Waals surface area contributed by atoms with Gasteiger partial charge < -0.3 is 4.74 Å². The number of ether oxygens (including phenoxy) is 1. The van der Waals surface area contributed by atoms with Crippen LogP contribution in [0, 0.1) is 23.7 Å². The Morgan fingerprint density at radius 2 is 2.12 bits per heavy atom. The van der Waals surface area contributed by atoms with Gasteiger partial charge in [0.05, 0.1) is 5.92 Å². The van der Waals surface area contributed by atoms with Gasteiger partial charge in [-0.1, -0.05) is 32.9 Å². The highest BCUT2D eigenvalue weighted by Gasteiger charge is 2.58. The predicted octanol–water partition coefficient (Wildman–Crippen LogP) is 3.57. The van der Waals surface area contributed by atoms with Crippen LogP contribution in [0.15, 0.2) is 12.2 Å². The molecule has 1 spiro atoms. The van der Waals surface area contributed by atoms with E-state index in [1.165, 1.54) is 5.57 Å². The molecule has 0 aromatic heterocycles. The van der Waals surface area contributed by atoms with Gasteiger partial charge in [0, 0.05) is 12.3 Å². The van der Waals surface area contributed by atoms with Crippen LogP contribution >= 0.6 is 0 Å². The van der Waals surface area contributed by atoms with Crippen molar-refractivity contribution < 1.29 is 9.53 Å². The van der Waals surface area contributed by atoms with Gasteiger partial charge in [0.15, 0.2) is 0 Å². The van der Waals surface area contributed by atoms with Crippen molar-refractivity contribution in [3.8, 4) is 0 Å². The monoisotopic (exact) mass is 236 g/mol. The van der Waals surface area contributed by atoms with Gasteiger partial charge in [-0.2, -0.15) is 0 Å². The molecule has 0 amide bonds. The Kier molecular flexibility index (Phi) is 3.09. The maximum absolute atomic E-state index is 12.0. The summed E-state index contributed by atoms with van der Waals surface area (Å²) in [5, 5.41) is 0. The quantitative estimate of drug-likeness (QED) is 0.541. The van der Waals surface area contributed by atoms with Gasteiger partial charge in [-0.15, -0.1) is 0 Å². The minimum atomic E-state index is -0.238. The van der Waals surface area contributed by atoms with E-state index in [1.54, 1.807) is 0 Å². The Morgan fingerprint density at radius 3 is 2.59 bits per heavy atom. The number of rotatable bonds is 2. The minimum Gasteiger partial charge on any atom is -0.458 e. The highest BCUT2D eigenvalue weighted by Crippen LogP contribution is 2.54. The van der Waals surface area contributed by atoms with E-state index in [9.17, 15) is 4.79 Å². The molecule has 2 fully saturated rings. The van der Waals surface area contributed by atoms with Crippen LogP contribution in [0.4, 0.5) is 0 Å². The van der Waals surface area contributed by atoms with Crippen LogP contribution in [0.1, 0.15) is 47.0 Å². The van der Waals surface area contributed by atoms with Crippen molar-refractivity contribution in [1.82, 2.24) is 0 Å². The molecule has 1 saturated carbocycles. The van der Waals surface area contributed by atoms with Crippen LogP contribution in [0.3, 0.4) is 0 Å². The zero-order chi connectivity index (χ0) is 12.8. The summed E-state index contributed by atoms with van der Waals surface area (Å²) in [5.41, 5.74) is 0.934. The number of esters is 1. The van der Waals surface area contributed by atoms with Gasteiger partial charge >= 0.3 is 5.97 Å². The van der Waals surface area contributed by atoms with E-state index in [2.05, 4.69) is 34.3 Å². The first-order chi connectivity index (χ1) is 7.88. The highest BCUT2D eigenvalue weighted by atomic mass is 16.6. The summed E-state index contributed by atoms with van der Waals surface area (Å²) in [4.78, 5) is 12.0. The normalized spacial score (nSPS) is 41.2. The highest BCUT2D eigenvalue weighted by molar-refractivity contribution is 5.76. The van der Waals surface area contributed by atoms with Gasteiger partial charge in [0.1, 0.15) is 5.60 Å². The lowest BCUT2D eigenvalue weighted by Crippen LogP contribution is -2.39. The second-order valence-corrected chi connectivity index (χ2v) is 6.31. The molecule has 2 rings (SSSR count). The Bertz CT molecular complexity index is 345. The van der Waals surface area contributed by atoms with E-state index in [0.29, 0.717) is 17.8 Å². The average molecular weight is 236 g/mol. The molecule has 0 aromatic carbocycles. The molecule has 0 unspecified atom stereocenters. The van der Waals surface area contributed by atoms with Crippen molar-refractivity contribution >= 4 is 5.97 Å². The fourth-order valence-electron chi connectivity index (χ4n) is 3.67. The number of carbonyl (C=O) groups excluding carboxylic acids is 1. The van der Waals surface area contributed by atoms with Crippen molar-refractivity contribution in [2.45, 2.75) is 52.6 Å². The van der Waals surface area contributed by atoms with Gasteiger partial charge in [-0.3, -0.25) is 4.79 Å². The first kappa shape index (κ1) is 12.7. The Hall–Kier alpha value is -0.790. The lowest BCUT2D eigenvalue weighted by Gasteiger charge is -2.34. The molecule has 2 aliphatic rings. The van der Waals surface area contributed by atoms with Crippen molar-refractivity contribution in [3.05, 3.63) is 12.2 Å². The second kappa shape index (κ2) is 4.15. The fourth-order valence-corrected chi connectivity index (χ4v) is 3.67. The minimum absolute atomic E-state index is 0.0139. The number of hydrogen-bond acceptors (Lipinski definition) is 2. The molecular weight excluding hydrogens is 212 g/mol. The second-order valence-electron chi connectivity index (χ2n) is 6.31. The summed E-state index contributed by atoms with van der Waals surface area (Å²) in [6.45, 7) is 12.6. The lowest BCUT2D eigenvalue weighted by atomic mass is 9.75. The summed E-state index contributed by atoms with van der Waals surface area (Å²) < 4.78 is 5.87. The summed E-state index contributed by atoms with van der Waals surface area (Å²) in [6.07, 6.45) is 3.16. The van der Waals surface area contributed by atoms with Gasteiger partial charge in [0.25, 0.3) is 0 Å². The molecule has 17 heavy (non-hydrogen) atoms. The van der Waals surface area contributed by atoms with E-state index in [1.807, 2.05) is 0 Å². The van der Waals surface area contributed by atoms with Crippen LogP contribution in [-0.2, 0) is 9.53 Å². The van der Waals surface area contributed by atoms with E-state index in [0.717, 1.165) is 19.3 Å². The third-order valence-corrected chi connectivity index (χ3v) is 4.84. The molecule has 1 heterocycles. The molecule has 1 saturated heterocycles. The van der Waals surface area contributed by atoms with Crippen LogP contribution in [0.5, 0.6) is 0 Å². The summed E-state index contributed by atoms with van der Waals surface area (Å²) in [5.74, 6) is 1.31. The molecule has 0 bridgehead atoms. The molecule has 0 radical (unpaired) electrons. The molecule has 2 heteroatoms. The SMILES string of the molecule is C=C(C)[C@@H]1CC[C@@H](C)[C@]12C[C@@H](C(C)C)C(=O)O2. The van der Waals surface area contributed by atoms with Crippen LogP contribution in [0.25, 0.3) is 0 Å². The molecule has 0 N–H and O–H groups in total. The van der Waals surface area contributed by atoms with Gasteiger partial charge in [0.2, 0.25) is 0 Å². The largest absolute Gasteiger partial charge is 0.458 e. The third kappa shape index (κ3) is 1.82. The number of hydrogen-bond donors (Lipinski definition) is 0. The summed E-state index contributed by atoms with van der Waals surface area (Å²) in [6, 6.07) is 0. The summed E-state index contributed by atoms with van der Waals surface area (Å²) >= 11 is 0. The molecule has 96 valence electrons. The molecular formula is C15H24O2. The first-order valence-corrected chi connectivity index (χ1v) is 6.76. The van der Waals surface area contributed by atoms with E-state index in [-0.39, 0.29) is 17.5 Å². The van der Waals surface area contributed by atoms with E-state index < -0.39 is 0 Å². The van der Waals surface area contributed by atoms with Crippen LogP contribution in [0.2, 0.25) is 0 Å². The summed E-state index contributed by atoms with van der Waals surface area (Å²) in [7, 11) is 0. The Labute approximate surface area is 104 Å². The molecule has 4 atom stereocenters. The Morgan fingerprint density at radius 1 is 1.47 bits per heavy atom. The van der Waals surface area contributed by atoms with Gasteiger partial charge in [-0.25, -0.2) is 0 Å². The third-order valence-electron chi connectivity index (χ3n) is 4.84. The maximum Gasteiger partial charge on any atom is 0.309 e. The fraction of sp³-hybridized carbons (Fsp3) is 0.800. The first-order valence-electron chi connectivity index (χ1n) is 6.76. The molecule has 1 aliphatic heterocycles. The average Bonchev–Trinajstić information content (AvgIpc) is 2.71. The Balaban J connectivity index is 2.30. The van der Waals surface area contributed by atoms with Crippen molar-refractivity contribution in [2.24, 2.45) is 23.7 Å². The van der Waals surface area contributed by atoms with Gasteiger partial charge in [-0.05, 0) is 31.6 Å². The van der Waals surface area contributed by atoms with Crippen molar-refractivity contribution in [1.29, 1.82) is 0 Å². The van der Waals surface area contributed by atoms with Crippen molar-refractivity contribution in [3.63, 3.8) is 0 Å². The zero-order valence-corrected chi connectivity index (χ0v) is 11.5. The molecule has 0 aromatic rings. The lowest BCUT2D eigenvalue weighted by molar-refractivity contribution is -0.155. The van der Waals surface area contributed by atoms with Crippen LogP contribution in [-0.4, -0.2) is 11.6 Å². The van der Waals surface area contributed by atoms with E-state index >= 15 is 0 Å². The predicted molar refractivity (Wildman–Crippen MR) is 68.5 cm³/mol. The standard InChI is InChI=1S/C15H24O2/c1-9(2)12-8-15(17-14(12)16)11(5)6-7-13(15)10(3)4/h9,11-13H,3,6-8H2,1-2,4-5H3/t11-,12+,13+,15-/m1/s1. The molecule has 1 aliphatic carbocycles.